The summed E-state index contributed by atoms with van der Waals surface area (Å²) < 4.78 is 31.4. The Morgan fingerprint density at radius 1 is 1.28 bits per heavy atom. The number of hydrogen-bond donors (Lipinski definition) is 1. The summed E-state index contributed by atoms with van der Waals surface area (Å²) in [4.78, 5) is 17.4. The molecule has 8 nitrogen and oxygen atoms in total. The minimum Gasteiger partial charge on any atom is -0.336 e. The van der Waals surface area contributed by atoms with E-state index in [1.165, 1.54) is 4.31 Å². The molecule has 0 saturated carbocycles. The molecule has 2 aromatic heterocycles. The van der Waals surface area contributed by atoms with E-state index >= 15 is 0 Å². The molecular weight excluding hydrogens is 392 g/mol. The van der Waals surface area contributed by atoms with Crippen LogP contribution in [0.15, 0.2) is 34.9 Å². The van der Waals surface area contributed by atoms with Crippen LogP contribution in [0.2, 0.25) is 0 Å². The van der Waals surface area contributed by atoms with E-state index < -0.39 is 10.0 Å². The van der Waals surface area contributed by atoms with Crippen LogP contribution in [0.1, 0.15) is 41.5 Å². The van der Waals surface area contributed by atoms with Crippen LogP contribution in [0.3, 0.4) is 0 Å². The monoisotopic (exact) mass is 414 g/mol. The number of pyridine rings is 1. The summed E-state index contributed by atoms with van der Waals surface area (Å²) in [6.07, 6.45) is 2.14. The number of hydrogen-bond acceptors (Lipinski definition) is 6. The molecular formula is C20H22N4O4S. The maximum absolute atomic E-state index is 13.0. The number of amides is 1. The Kier molecular flexibility index (Phi) is 4.99. The predicted molar refractivity (Wildman–Crippen MR) is 111 cm³/mol. The highest BCUT2D eigenvalue weighted by molar-refractivity contribution is 7.92. The number of carbonyl (C=O) groups is 1. The minimum atomic E-state index is -3.32. The third-order valence-electron chi connectivity index (χ3n) is 5.02. The Labute approximate surface area is 169 Å². The molecule has 1 N–H and O–H groups in total. The summed E-state index contributed by atoms with van der Waals surface area (Å²) in [7, 11) is -3.32. The molecule has 0 aliphatic carbocycles. The van der Waals surface area contributed by atoms with Gasteiger partial charge >= 0.3 is 0 Å². The van der Waals surface area contributed by atoms with Gasteiger partial charge in [0.15, 0.2) is 0 Å². The summed E-state index contributed by atoms with van der Waals surface area (Å²) in [5, 5.41) is 7.37. The minimum absolute atomic E-state index is 0.144. The Hall–Kier alpha value is -2.94. The van der Waals surface area contributed by atoms with Crippen molar-refractivity contribution >= 4 is 38.4 Å². The van der Waals surface area contributed by atoms with Gasteiger partial charge < -0.3 is 9.84 Å². The van der Waals surface area contributed by atoms with Crippen LogP contribution >= 0.6 is 0 Å². The summed E-state index contributed by atoms with van der Waals surface area (Å²) in [5.74, 6) is -0.178. The molecule has 0 radical (unpaired) electrons. The largest absolute Gasteiger partial charge is 0.336 e. The maximum Gasteiger partial charge on any atom is 0.258 e. The lowest BCUT2D eigenvalue weighted by molar-refractivity contribution is 0.102. The van der Waals surface area contributed by atoms with E-state index in [-0.39, 0.29) is 11.7 Å². The van der Waals surface area contributed by atoms with E-state index in [1.807, 2.05) is 6.92 Å². The van der Waals surface area contributed by atoms with E-state index in [4.69, 9.17) is 4.52 Å². The Morgan fingerprint density at radius 2 is 2.10 bits per heavy atom. The van der Waals surface area contributed by atoms with Crippen LogP contribution in [0, 0.1) is 6.92 Å². The third kappa shape index (κ3) is 3.69. The molecule has 152 valence electrons. The lowest BCUT2D eigenvalue weighted by atomic mass is 10.1. The highest BCUT2D eigenvalue weighted by Gasteiger charge is 2.26. The van der Waals surface area contributed by atoms with Crippen molar-refractivity contribution in [1.29, 1.82) is 0 Å². The molecule has 0 bridgehead atoms. The standard InChI is InChI=1S/C20H22N4O4S/c1-3-14-12-17(18-13(2)23-28-20(18)22-14)19(25)21-15-7-6-8-16(11-15)24-9-4-5-10-29(24,26)27/h6-8,11-12H,3-5,9-10H2,1-2H3,(H,21,25). The van der Waals surface area contributed by atoms with E-state index in [2.05, 4.69) is 15.5 Å². The van der Waals surface area contributed by atoms with Crippen LogP contribution in [-0.2, 0) is 16.4 Å². The van der Waals surface area contributed by atoms with E-state index in [9.17, 15) is 13.2 Å². The molecule has 0 spiro atoms. The zero-order valence-electron chi connectivity index (χ0n) is 16.3. The zero-order valence-corrected chi connectivity index (χ0v) is 17.1. The van der Waals surface area contributed by atoms with Crippen LogP contribution in [0.4, 0.5) is 11.4 Å². The summed E-state index contributed by atoms with van der Waals surface area (Å²) in [5.41, 5.74) is 3.16. The van der Waals surface area contributed by atoms with E-state index in [0.717, 1.165) is 12.1 Å². The van der Waals surface area contributed by atoms with Gasteiger partial charge in [0.05, 0.1) is 28.1 Å². The number of aryl methyl sites for hydroxylation is 2. The number of carbonyl (C=O) groups excluding carboxylic acids is 1. The fraction of sp³-hybridized carbons (Fsp3) is 0.350. The third-order valence-corrected chi connectivity index (χ3v) is 6.89. The first-order valence-corrected chi connectivity index (χ1v) is 11.2. The molecule has 1 aliphatic rings. The second-order valence-electron chi connectivity index (χ2n) is 7.06. The Balaban J connectivity index is 1.66. The van der Waals surface area contributed by atoms with Gasteiger partial charge in [-0.1, -0.05) is 18.1 Å². The topological polar surface area (TPSA) is 105 Å². The lowest BCUT2D eigenvalue weighted by Gasteiger charge is -2.28. The fourth-order valence-corrected chi connectivity index (χ4v) is 5.15. The molecule has 1 saturated heterocycles. The molecule has 1 aliphatic heterocycles. The quantitative estimate of drug-likeness (QED) is 0.702. The molecule has 3 heterocycles. The van der Waals surface area contributed by atoms with Gasteiger partial charge in [-0.2, -0.15) is 0 Å². The average Bonchev–Trinajstić information content (AvgIpc) is 3.08. The smallest absolute Gasteiger partial charge is 0.258 e. The molecule has 3 aromatic rings. The van der Waals surface area contributed by atoms with Crippen LogP contribution in [0.5, 0.6) is 0 Å². The van der Waals surface area contributed by atoms with E-state index in [0.29, 0.717) is 53.1 Å². The molecule has 1 fully saturated rings. The Morgan fingerprint density at radius 3 is 2.86 bits per heavy atom. The number of fused-ring (bicyclic) bond motifs is 1. The number of sulfonamides is 1. The summed E-state index contributed by atoms with van der Waals surface area (Å²) >= 11 is 0. The molecule has 29 heavy (non-hydrogen) atoms. The van der Waals surface area contributed by atoms with Crippen molar-refractivity contribution in [3.8, 4) is 0 Å². The normalized spacial score (nSPS) is 16.1. The Bertz CT molecular complexity index is 1190. The van der Waals surface area contributed by atoms with Crippen molar-refractivity contribution in [2.24, 2.45) is 0 Å². The van der Waals surface area contributed by atoms with Gasteiger partial charge in [-0.15, -0.1) is 0 Å². The van der Waals surface area contributed by atoms with Crippen molar-refractivity contribution in [3.05, 3.63) is 47.3 Å². The number of anilines is 2. The van der Waals surface area contributed by atoms with Gasteiger partial charge in [0.1, 0.15) is 0 Å². The van der Waals surface area contributed by atoms with Crippen molar-refractivity contribution in [1.82, 2.24) is 10.1 Å². The molecule has 0 unspecified atom stereocenters. The van der Waals surface area contributed by atoms with Crippen molar-refractivity contribution in [3.63, 3.8) is 0 Å². The van der Waals surface area contributed by atoms with Crippen molar-refractivity contribution in [2.75, 3.05) is 21.9 Å². The van der Waals surface area contributed by atoms with Crippen molar-refractivity contribution < 1.29 is 17.7 Å². The number of benzene rings is 1. The molecule has 1 aromatic carbocycles. The highest BCUT2D eigenvalue weighted by atomic mass is 32.2. The number of rotatable bonds is 4. The van der Waals surface area contributed by atoms with E-state index in [1.54, 1.807) is 37.3 Å². The molecule has 1 amide bonds. The first-order chi connectivity index (χ1) is 13.9. The van der Waals surface area contributed by atoms with Crippen molar-refractivity contribution in [2.45, 2.75) is 33.1 Å². The summed E-state index contributed by atoms with van der Waals surface area (Å²) in [6.45, 7) is 4.16. The lowest BCUT2D eigenvalue weighted by Crippen LogP contribution is -2.37. The zero-order chi connectivity index (χ0) is 20.6. The van der Waals surface area contributed by atoms with Crippen LogP contribution < -0.4 is 9.62 Å². The first kappa shape index (κ1) is 19.4. The SMILES string of the molecule is CCc1cc(C(=O)Nc2cccc(N3CCCCS3(=O)=O)c2)c2c(C)noc2n1. The second-order valence-corrected chi connectivity index (χ2v) is 9.08. The van der Waals surface area contributed by atoms with Gasteiger partial charge in [0.25, 0.3) is 11.6 Å². The molecule has 0 atom stereocenters. The highest BCUT2D eigenvalue weighted by Crippen LogP contribution is 2.27. The first-order valence-electron chi connectivity index (χ1n) is 9.57. The number of aromatic nitrogens is 2. The van der Waals surface area contributed by atoms with Crippen LogP contribution in [0.25, 0.3) is 11.1 Å². The predicted octanol–water partition coefficient (Wildman–Crippen LogP) is 3.28. The second kappa shape index (κ2) is 7.47. The van der Waals surface area contributed by atoms with Crippen LogP contribution in [-0.4, -0.2) is 36.8 Å². The number of nitrogens with zero attached hydrogens (tertiary/aromatic N) is 3. The van der Waals surface area contributed by atoms with Gasteiger partial charge in [-0.25, -0.2) is 13.4 Å². The fourth-order valence-electron chi connectivity index (χ4n) is 3.52. The van der Waals surface area contributed by atoms with Gasteiger partial charge in [0.2, 0.25) is 10.0 Å². The molecule has 4 rings (SSSR count). The average molecular weight is 414 g/mol. The van der Waals surface area contributed by atoms with Gasteiger partial charge in [0, 0.05) is 17.9 Å². The summed E-state index contributed by atoms with van der Waals surface area (Å²) in [6, 6.07) is 8.63. The van der Waals surface area contributed by atoms with Gasteiger partial charge in [-0.3, -0.25) is 9.10 Å². The van der Waals surface area contributed by atoms with Gasteiger partial charge in [-0.05, 0) is 50.5 Å². The maximum atomic E-state index is 13.0. The molecule has 9 heteroatoms. The number of nitrogens with one attached hydrogen (secondary N) is 1.